The van der Waals surface area contributed by atoms with E-state index in [1.807, 2.05) is 29.2 Å². The monoisotopic (exact) mass is 338 g/mol. The highest BCUT2D eigenvalue weighted by Crippen LogP contribution is 2.26. The number of carbonyl (C=O) groups is 1. The highest BCUT2D eigenvalue weighted by atomic mass is 35.5. The largest absolute Gasteiger partial charge is 0.493 e. The average molecular weight is 339 g/mol. The summed E-state index contributed by atoms with van der Waals surface area (Å²) in [5.41, 5.74) is 1.07. The van der Waals surface area contributed by atoms with E-state index >= 15 is 0 Å². The van der Waals surface area contributed by atoms with Crippen LogP contribution in [0.1, 0.15) is 19.4 Å². The van der Waals surface area contributed by atoms with Crippen LogP contribution in [0.4, 0.5) is 0 Å². The van der Waals surface area contributed by atoms with Gasteiger partial charge in [-0.1, -0.05) is 26.0 Å². The molecule has 1 aromatic rings. The van der Waals surface area contributed by atoms with Crippen LogP contribution in [-0.4, -0.2) is 43.6 Å². The fraction of sp³-hybridized carbons (Fsp3) is 0.611. The number of nitrogens with zero attached hydrogens (tertiary/aromatic N) is 1. The number of rotatable bonds is 5. The number of hydrogen-bond acceptors (Lipinski definition) is 3. The molecule has 0 aliphatic carbocycles. The summed E-state index contributed by atoms with van der Waals surface area (Å²) in [5, 5.41) is 3.41. The van der Waals surface area contributed by atoms with Crippen molar-refractivity contribution in [1.82, 2.24) is 10.2 Å². The van der Waals surface area contributed by atoms with Gasteiger partial charge in [0.15, 0.2) is 0 Å². The van der Waals surface area contributed by atoms with E-state index in [0.717, 1.165) is 44.1 Å². The van der Waals surface area contributed by atoms with Gasteiger partial charge < -0.3 is 15.0 Å². The molecule has 5 heteroatoms. The van der Waals surface area contributed by atoms with E-state index in [4.69, 9.17) is 4.74 Å². The number of amides is 1. The lowest BCUT2D eigenvalue weighted by atomic mass is 10.0. The molecule has 23 heavy (non-hydrogen) atoms. The second-order valence-corrected chi connectivity index (χ2v) is 7.00. The summed E-state index contributed by atoms with van der Waals surface area (Å²) in [6, 6.07) is 7.94. The molecule has 1 aromatic carbocycles. The summed E-state index contributed by atoms with van der Waals surface area (Å²) in [6.07, 6.45) is 0.497. The van der Waals surface area contributed by atoms with Crippen molar-refractivity contribution in [2.75, 3.05) is 32.8 Å². The van der Waals surface area contributed by atoms with Crippen LogP contribution in [0.25, 0.3) is 0 Å². The van der Waals surface area contributed by atoms with Crippen LogP contribution in [0.5, 0.6) is 5.75 Å². The molecule has 1 amide bonds. The molecule has 0 radical (unpaired) electrons. The number of halogens is 1. The highest BCUT2D eigenvalue weighted by molar-refractivity contribution is 5.85. The van der Waals surface area contributed by atoms with E-state index in [0.29, 0.717) is 24.2 Å². The van der Waals surface area contributed by atoms with Gasteiger partial charge in [0.05, 0.1) is 13.0 Å². The first-order valence-electron chi connectivity index (χ1n) is 8.32. The van der Waals surface area contributed by atoms with Gasteiger partial charge in [-0.05, 0) is 35.4 Å². The first-order chi connectivity index (χ1) is 10.6. The maximum Gasteiger partial charge on any atom is 0.227 e. The van der Waals surface area contributed by atoms with Gasteiger partial charge in [-0.25, -0.2) is 0 Å². The van der Waals surface area contributed by atoms with Crippen molar-refractivity contribution in [2.45, 2.75) is 20.3 Å². The standard InChI is InChI=1S/C18H26N2O2.ClH/c1-13(2)12-22-17-5-3-14(4-6-17)7-18(21)20-10-15-8-19-9-16(15)11-20;/h3-6,13,15-16,19H,7-12H2,1-2H3;1H/t15-,16+;. The quantitative estimate of drug-likeness (QED) is 0.896. The smallest absolute Gasteiger partial charge is 0.227 e. The molecule has 128 valence electrons. The van der Waals surface area contributed by atoms with E-state index in [-0.39, 0.29) is 18.3 Å². The minimum Gasteiger partial charge on any atom is -0.493 e. The van der Waals surface area contributed by atoms with Crippen molar-refractivity contribution < 1.29 is 9.53 Å². The average Bonchev–Trinajstić information content (AvgIpc) is 3.07. The van der Waals surface area contributed by atoms with Crippen LogP contribution in [-0.2, 0) is 11.2 Å². The molecule has 2 aliphatic rings. The highest BCUT2D eigenvalue weighted by Gasteiger charge is 2.37. The van der Waals surface area contributed by atoms with E-state index in [9.17, 15) is 4.79 Å². The lowest BCUT2D eigenvalue weighted by molar-refractivity contribution is -0.129. The predicted molar refractivity (Wildman–Crippen MR) is 94.2 cm³/mol. The molecule has 4 nitrogen and oxygen atoms in total. The number of hydrogen-bond donors (Lipinski definition) is 1. The Morgan fingerprint density at radius 2 is 1.83 bits per heavy atom. The van der Waals surface area contributed by atoms with E-state index < -0.39 is 0 Å². The van der Waals surface area contributed by atoms with Crippen LogP contribution < -0.4 is 10.1 Å². The van der Waals surface area contributed by atoms with Gasteiger partial charge in [0.2, 0.25) is 5.91 Å². The summed E-state index contributed by atoms with van der Waals surface area (Å²) in [5.74, 6) is 2.98. The minimum absolute atomic E-state index is 0. The Balaban J connectivity index is 0.00000192. The topological polar surface area (TPSA) is 41.6 Å². The van der Waals surface area contributed by atoms with Gasteiger partial charge in [0, 0.05) is 26.2 Å². The normalized spacial score (nSPS) is 22.8. The Morgan fingerprint density at radius 3 is 2.39 bits per heavy atom. The maximum atomic E-state index is 12.4. The van der Waals surface area contributed by atoms with Crippen molar-refractivity contribution in [3.05, 3.63) is 29.8 Å². The van der Waals surface area contributed by atoms with Crippen LogP contribution in [0, 0.1) is 17.8 Å². The second-order valence-electron chi connectivity index (χ2n) is 7.00. The lowest BCUT2D eigenvalue weighted by Gasteiger charge is -2.17. The second kappa shape index (κ2) is 8.02. The van der Waals surface area contributed by atoms with Crippen LogP contribution in [0.3, 0.4) is 0 Å². The molecule has 3 rings (SSSR count). The van der Waals surface area contributed by atoms with Gasteiger partial charge >= 0.3 is 0 Å². The summed E-state index contributed by atoms with van der Waals surface area (Å²) < 4.78 is 5.68. The first-order valence-corrected chi connectivity index (χ1v) is 8.32. The third-order valence-corrected chi connectivity index (χ3v) is 4.60. The van der Waals surface area contributed by atoms with E-state index in [1.54, 1.807) is 0 Å². The number of ether oxygens (including phenoxy) is 1. The molecule has 0 aromatic heterocycles. The van der Waals surface area contributed by atoms with Gasteiger partial charge in [-0.2, -0.15) is 0 Å². The fourth-order valence-electron chi connectivity index (χ4n) is 3.31. The minimum atomic E-state index is 0. The zero-order valence-corrected chi connectivity index (χ0v) is 14.8. The maximum absolute atomic E-state index is 12.4. The van der Waals surface area contributed by atoms with Gasteiger partial charge in [-0.15, -0.1) is 12.4 Å². The Bertz CT molecular complexity index is 506. The summed E-state index contributed by atoms with van der Waals surface area (Å²) in [7, 11) is 0. The molecule has 2 fully saturated rings. The van der Waals surface area contributed by atoms with Gasteiger partial charge in [0.25, 0.3) is 0 Å². The van der Waals surface area contributed by atoms with Gasteiger partial charge in [-0.3, -0.25) is 4.79 Å². The Morgan fingerprint density at radius 1 is 1.22 bits per heavy atom. The molecular formula is C18H27ClN2O2. The van der Waals surface area contributed by atoms with E-state index in [1.165, 1.54) is 0 Å². The molecule has 2 saturated heterocycles. The third kappa shape index (κ3) is 4.61. The Hall–Kier alpha value is -1.26. The van der Waals surface area contributed by atoms with E-state index in [2.05, 4.69) is 19.2 Å². The molecule has 2 atom stereocenters. The van der Waals surface area contributed by atoms with Crippen molar-refractivity contribution in [2.24, 2.45) is 17.8 Å². The van der Waals surface area contributed by atoms with Crippen molar-refractivity contribution in [3.8, 4) is 5.75 Å². The molecule has 1 N–H and O–H groups in total. The Kier molecular flexibility index (Phi) is 6.31. The summed E-state index contributed by atoms with van der Waals surface area (Å²) in [4.78, 5) is 14.5. The molecule has 2 aliphatic heterocycles. The molecule has 0 bridgehead atoms. The zero-order chi connectivity index (χ0) is 15.5. The molecule has 0 unspecified atom stereocenters. The van der Waals surface area contributed by atoms with Crippen molar-refractivity contribution in [3.63, 3.8) is 0 Å². The summed E-state index contributed by atoms with van der Waals surface area (Å²) in [6.45, 7) is 8.97. The fourth-order valence-corrected chi connectivity index (χ4v) is 3.31. The van der Waals surface area contributed by atoms with Crippen LogP contribution >= 0.6 is 12.4 Å². The molecule has 2 heterocycles. The molecule has 0 spiro atoms. The number of fused-ring (bicyclic) bond motifs is 1. The number of likely N-dealkylation sites (tertiary alicyclic amines) is 1. The first kappa shape index (κ1) is 18.1. The molecular weight excluding hydrogens is 312 g/mol. The number of carbonyl (C=O) groups excluding carboxylic acids is 1. The summed E-state index contributed by atoms with van der Waals surface area (Å²) >= 11 is 0. The van der Waals surface area contributed by atoms with Gasteiger partial charge in [0.1, 0.15) is 5.75 Å². The zero-order valence-electron chi connectivity index (χ0n) is 14.0. The predicted octanol–water partition coefficient (Wildman–Crippen LogP) is 2.36. The lowest BCUT2D eigenvalue weighted by Crippen LogP contribution is -2.32. The number of nitrogens with one attached hydrogen (secondary N) is 1. The van der Waals surface area contributed by atoms with Crippen LogP contribution in [0.2, 0.25) is 0 Å². The van der Waals surface area contributed by atoms with Crippen molar-refractivity contribution in [1.29, 1.82) is 0 Å². The van der Waals surface area contributed by atoms with Crippen LogP contribution in [0.15, 0.2) is 24.3 Å². The van der Waals surface area contributed by atoms with Crippen molar-refractivity contribution >= 4 is 18.3 Å². The number of benzene rings is 1. The Labute approximate surface area is 145 Å². The molecule has 0 saturated carbocycles. The third-order valence-electron chi connectivity index (χ3n) is 4.60. The SMILES string of the molecule is CC(C)COc1ccc(CC(=O)N2C[C@H]3CNC[C@H]3C2)cc1.Cl.